The molecular formula is C15H19NS. The average Bonchev–Trinajstić information content (AvgIpc) is 2.83. The van der Waals surface area contributed by atoms with Gasteiger partial charge in [-0.15, -0.1) is 11.3 Å². The molecule has 0 aliphatic heterocycles. The number of hydrogen-bond donors (Lipinski definition) is 1. The molecule has 0 amide bonds. The van der Waals surface area contributed by atoms with E-state index in [-0.39, 0.29) is 0 Å². The lowest BCUT2D eigenvalue weighted by Crippen LogP contribution is -2.24. The Morgan fingerprint density at radius 3 is 2.41 bits per heavy atom. The average molecular weight is 245 g/mol. The van der Waals surface area contributed by atoms with Crippen molar-refractivity contribution in [3.63, 3.8) is 0 Å². The molecule has 0 fully saturated rings. The molecule has 1 atom stereocenters. The summed E-state index contributed by atoms with van der Waals surface area (Å²) < 4.78 is 0. The third kappa shape index (κ3) is 3.42. The highest BCUT2D eigenvalue weighted by molar-refractivity contribution is 7.09. The van der Waals surface area contributed by atoms with E-state index in [1.165, 1.54) is 10.4 Å². The summed E-state index contributed by atoms with van der Waals surface area (Å²) in [5.41, 5.74) is 1.37. The van der Waals surface area contributed by atoms with E-state index in [0.29, 0.717) is 12.0 Å². The second-order valence-corrected chi connectivity index (χ2v) is 5.62. The maximum Gasteiger partial charge on any atom is 0.0346 e. The van der Waals surface area contributed by atoms with E-state index in [1.807, 2.05) is 11.3 Å². The van der Waals surface area contributed by atoms with Gasteiger partial charge in [-0.1, -0.05) is 50.2 Å². The van der Waals surface area contributed by atoms with Crippen LogP contribution in [0.4, 0.5) is 0 Å². The van der Waals surface area contributed by atoms with E-state index in [4.69, 9.17) is 0 Å². The van der Waals surface area contributed by atoms with Gasteiger partial charge in [0.15, 0.2) is 0 Å². The molecular weight excluding hydrogens is 226 g/mol. The van der Waals surface area contributed by atoms with E-state index in [1.54, 1.807) is 0 Å². The summed E-state index contributed by atoms with van der Waals surface area (Å²) >= 11 is 1.81. The first-order valence-electron chi connectivity index (χ1n) is 6.08. The number of benzene rings is 1. The summed E-state index contributed by atoms with van der Waals surface area (Å²) in [6.07, 6.45) is 0. The lowest BCUT2D eigenvalue weighted by Gasteiger charge is -2.22. The van der Waals surface area contributed by atoms with Crippen molar-refractivity contribution in [2.75, 3.05) is 0 Å². The lowest BCUT2D eigenvalue weighted by molar-refractivity contribution is 0.412. The van der Waals surface area contributed by atoms with Gasteiger partial charge in [0, 0.05) is 17.5 Å². The van der Waals surface area contributed by atoms with Gasteiger partial charge in [-0.2, -0.15) is 0 Å². The van der Waals surface area contributed by atoms with Crippen LogP contribution in [0.25, 0.3) is 0 Å². The zero-order valence-corrected chi connectivity index (χ0v) is 11.2. The smallest absolute Gasteiger partial charge is 0.0346 e. The van der Waals surface area contributed by atoms with Gasteiger partial charge in [-0.25, -0.2) is 0 Å². The number of thiophene rings is 1. The first kappa shape index (κ1) is 12.3. The zero-order chi connectivity index (χ0) is 12.1. The Balaban J connectivity index is 2.03. The van der Waals surface area contributed by atoms with Crippen molar-refractivity contribution in [2.24, 2.45) is 5.92 Å². The van der Waals surface area contributed by atoms with Crippen molar-refractivity contribution < 1.29 is 0 Å². The van der Waals surface area contributed by atoms with Crippen molar-refractivity contribution >= 4 is 11.3 Å². The maximum absolute atomic E-state index is 3.65. The summed E-state index contributed by atoms with van der Waals surface area (Å²) in [7, 11) is 0. The summed E-state index contributed by atoms with van der Waals surface area (Å²) in [6.45, 7) is 5.48. The fourth-order valence-corrected chi connectivity index (χ4v) is 2.68. The van der Waals surface area contributed by atoms with Gasteiger partial charge in [0.25, 0.3) is 0 Å². The van der Waals surface area contributed by atoms with Crippen LogP contribution in [0.3, 0.4) is 0 Å². The van der Waals surface area contributed by atoms with E-state index in [9.17, 15) is 0 Å². The molecule has 17 heavy (non-hydrogen) atoms. The molecule has 0 aliphatic rings. The predicted octanol–water partition coefficient (Wildman–Crippen LogP) is 4.24. The molecule has 2 rings (SSSR count). The van der Waals surface area contributed by atoms with Crippen LogP contribution in [0.15, 0.2) is 47.8 Å². The maximum atomic E-state index is 3.65. The number of rotatable bonds is 5. The first-order chi connectivity index (χ1) is 8.27. The van der Waals surface area contributed by atoms with Crippen LogP contribution in [0.2, 0.25) is 0 Å². The van der Waals surface area contributed by atoms with Crippen LogP contribution >= 0.6 is 11.3 Å². The highest BCUT2D eigenvalue weighted by Crippen LogP contribution is 2.22. The van der Waals surface area contributed by atoms with Crippen LogP contribution in [0, 0.1) is 5.92 Å². The van der Waals surface area contributed by atoms with Gasteiger partial charge in [0.05, 0.1) is 0 Å². The fraction of sp³-hybridized carbons (Fsp3) is 0.333. The van der Waals surface area contributed by atoms with Gasteiger partial charge >= 0.3 is 0 Å². The molecule has 0 radical (unpaired) electrons. The molecule has 0 bridgehead atoms. The summed E-state index contributed by atoms with van der Waals surface area (Å²) in [4.78, 5) is 1.39. The van der Waals surface area contributed by atoms with E-state index < -0.39 is 0 Å². The monoisotopic (exact) mass is 245 g/mol. The quantitative estimate of drug-likeness (QED) is 0.831. The third-order valence-electron chi connectivity index (χ3n) is 2.90. The SMILES string of the molecule is CC(C)C(NCc1cccs1)c1ccccc1. The molecule has 1 aromatic heterocycles. The van der Waals surface area contributed by atoms with Crippen LogP contribution in [-0.2, 0) is 6.54 Å². The molecule has 90 valence electrons. The van der Waals surface area contributed by atoms with Crippen molar-refractivity contribution in [3.05, 3.63) is 58.3 Å². The van der Waals surface area contributed by atoms with Crippen LogP contribution in [0.1, 0.15) is 30.3 Å². The van der Waals surface area contributed by atoms with Gasteiger partial charge in [-0.05, 0) is 22.9 Å². The highest BCUT2D eigenvalue weighted by atomic mass is 32.1. The summed E-state index contributed by atoms with van der Waals surface area (Å²) in [6, 6.07) is 15.4. The molecule has 1 nitrogen and oxygen atoms in total. The van der Waals surface area contributed by atoms with Crippen molar-refractivity contribution in [3.8, 4) is 0 Å². The van der Waals surface area contributed by atoms with Gasteiger partial charge < -0.3 is 5.32 Å². The van der Waals surface area contributed by atoms with Gasteiger partial charge in [0.2, 0.25) is 0 Å². The van der Waals surface area contributed by atoms with Gasteiger partial charge in [0.1, 0.15) is 0 Å². The van der Waals surface area contributed by atoms with Crippen LogP contribution in [0.5, 0.6) is 0 Å². The Morgan fingerprint density at radius 2 is 1.82 bits per heavy atom. The lowest BCUT2D eigenvalue weighted by atomic mass is 9.96. The second-order valence-electron chi connectivity index (χ2n) is 4.59. The fourth-order valence-electron chi connectivity index (χ4n) is 2.02. The highest BCUT2D eigenvalue weighted by Gasteiger charge is 2.14. The van der Waals surface area contributed by atoms with Crippen molar-refractivity contribution in [1.29, 1.82) is 0 Å². The van der Waals surface area contributed by atoms with Crippen molar-refractivity contribution in [2.45, 2.75) is 26.4 Å². The normalized spacial score (nSPS) is 12.9. The minimum Gasteiger partial charge on any atom is -0.305 e. The minimum absolute atomic E-state index is 0.429. The molecule has 0 saturated carbocycles. The Labute approximate surface area is 108 Å². The molecule has 1 aromatic carbocycles. The number of hydrogen-bond acceptors (Lipinski definition) is 2. The second kappa shape index (κ2) is 5.99. The Hall–Kier alpha value is -1.12. The third-order valence-corrected chi connectivity index (χ3v) is 3.78. The molecule has 1 unspecified atom stereocenters. The Morgan fingerprint density at radius 1 is 1.06 bits per heavy atom. The predicted molar refractivity (Wildman–Crippen MR) is 75.2 cm³/mol. The molecule has 1 heterocycles. The standard InChI is InChI=1S/C15H19NS/c1-12(2)15(13-7-4-3-5-8-13)16-11-14-9-6-10-17-14/h3-10,12,15-16H,11H2,1-2H3. The summed E-state index contributed by atoms with van der Waals surface area (Å²) in [5, 5.41) is 5.78. The minimum atomic E-state index is 0.429. The summed E-state index contributed by atoms with van der Waals surface area (Å²) in [5.74, 6) is 0.595. The molecule has 1 N–H and O–H groups in total. The van der Waals surface area contributed by atoms with E-state index in [0.717, 1.165) is 6.54 Å². The Kier molecular flexibility index (Phi) is 4.35. The molecule has 0 aliphatic carbocycles. The van der Waals surface area contributed by atoms with Crippen molar-refractivity contribution in [1.82, 2.24) is 5.32 Å². The molecule has 0 spiro atoms. The van der Waals surface area contributed by atoms with E-state index >= 15 is 0 Å². The molecule has 2 heteroatoms. The topological polar surface area (TPSA) is 12.0 Å². The van der Waals surface area contributed by atoms with Gasteiger partial charge in [-0.3, -0.25) is 0 Å². The zero-order valence-electron chi connectivity index (χ0n) is 10.4. The Bertz CT molecular complexity index is 419. The largest absolute Gasteiger partial charge is 0.305 e. The van der Waals surface area contributed by atoms with Crippen LogP contribution < -0.4 is 5.32 Å². The first-order valence-corrected chi connectivity index (χ1v) is 6.96. The molecule has 0 saturated heterocycles. The number of nitrogens with one attached hydrogen (secondary N) is 1. The van der Waals surface area contributed by atoms with E-state index in [2.05, 4.69) is 67.0 Å². The van der Waals surface area contributed by atoms with Crippen LogP contribution in [-0.4, -0.2) is 0 Å². The molecule has 2 aromatic rings.